The summed E-state index contributed by atoms with van der Waals surface area (Å²) in [5.74, 6) is -1.49. The van der Waals surface area contributed by atoms with Gasteiger partial charge in [0.15, 0.2) is 5.75 Å². The molecule has 0 radical (unpaired) electrons. The molecule has 1 aliphatic rings. The van der Waals surface area contributed by atoms with Crippen molar-refractivity contribution in [3.8, 4) is 5.75 Å². The fourth-order valence-electron chi connectivity index (χ4n) is 2.93. The highest BCUT2D eigenvalue weighted by Gasteiger charge is 2.49. The number of benzene rings is 1. The van der Waals surface area contributed by atoms with E-state index in [-0.39, 0.29) is 6.54 Å². The number of carbonyl (C=O) groups is 1. The fourth-order valence-corrected chi connectivity index (χ4v) is 4.06. The number of methoxy groups -OCH3 is 1. The van der Waals surface area contributed by atoms with Crippen molar-refractivity contribution < 1.29 is 22.7 Å². The Balaban J connectivity index is 2.61. The molecule has 0 bridgehead atoms. The molecule has 0 saturated carbocycles. The smallest absolute Gasteiger partial charge is 0.471 e. The molecule has 2 rings (SSSR count). The number of alkyl halides is 3. The van der Waals surface area contributed by atoms with Gasteiger partial charge >= 0.3 is 12.1 Å². The Hall–Kier alpha value is -1.44. The van der Waals surface area contributed by atoms with Gasteiger partial charge in [0.2, 0.25) is 0 Å². The van der Waals surface area contributed by atoms with Gasteiger partial charge in [0.1, 0.15) is 0 Å². The quantitative estimate of drug-likeness (QED) is 0.761. The fraction of sp³-hybridized carbons (Fsp3) is 0.500. The summed E-state index contributed by atoms with van der Waals surface area (Å²) in [7, 11) is 1.43. The molecular formula is C14H16BrF3N2O2. The first kappa shape index (κ1) is 16.9. The van der Waals surface area contributed by atoms with Crippen molar-refractivity contribution in [3.05, 3.63) is 21.7 Å². The number of nitrogens with zero attached hydrogens (tertiary/aromatic N) is 1. The molecule has 1 amide bonds. The van der Waals surface area contributed by atoms with Crippen LogP contribution >= 0.6 is 15.9 Å². The minimum Gasteiger partial charge on any atom is -0.493 e. The van der Waals surface area contributed by atoms with Gasteiger partial charge in [-0.3, -0.25) is 4.79 Å². The van der Waals surface area contributed by atoms with Crippen molar-refractivity contribution in [1.29, 1.82) is 0 Å². The van der Waals surface area contributed by atoms with Crippen LogP contribution in [0.15, 0.2) is 10.5 Å². The van der Waals surface area contributed by atoms with Crippen LogP contribution in [0.5, 0.6) is 5.75 Å². The van der Waals surface area contributed by atoms with Crippen LogP contribution in [0, 0.1) is 0 Å². The number of anilines is 1. The molecule has 8 heteroatoms. The number of carbonyl (C=O) groups excluding carboxylic acids is 1. The van der Waals surface area contributed by atoms with Crippen LogP contribution in [0.1, 0.15) is 25.0 Å². The topological polar surface area (TPSA) is 55.6 Å². The highest BCUT2D eigenvalue weighted by Crippen LogP contribution is 2.46. The summed E-state index contributed by atoms with van der Waals surface area (Å²) in [4.78, 5) is 12.6. The summed E-state index contributed by atoms with van der Waals surface area (Å²) >= 11 is 3.36. The van der Waals surface area contributed by atoms with E-state index in [1.165, 1.54) is 7.11 Å². The lowest BCUT2D eigenvalue weighted by molar-refractivity contribution is -0.191. The standard InChI is InChI=1S/C14H16BrF3N2O2/c1-13(2)9-7(6-8(19)11(22-3)10(9)15)4-5-20(13)12(21)14(16,17)18/h6H,4-5,19H2,1-3H3. The van der Waals surface area contributed by atoms with Gasteiger partial charge in [0.05, 0.1) is 22.8 Å². The van der Waals surface area contributed by atoms with E-state index < -0.39 is 17.6 Å². The van der Waals surface area contributed by atoms with Gasteiger partial charge in [-0.25, -0.2) is 0 Å². The Morgan fingerprint density at radius 1 is 1.45 bits per heavy atom. The van der Waals surface area contributed by atoms with Crippen molar-refractivity contribution in [2.24, 2.45) is 0 Å². The lowest BCUT2D eigenvalue weighted by Gasteiger charge is -2.44. The first-order chi connectivity index (χ1) is 10.0. The molecule has 0 spiro atoms. The molecule has 122 valence electrons. The van der Waals surface area contributed by atoms with Crippen LogP contribution < -0.4 is 10.5 Å². The van der Waals surface area contributed by atoms with Gasteiger partial charge in [-0.15, -0.1) is 0 Å². The van der Waals surface area contributed by atoms with Crippen LogP contribution in [0.25, 0.3) is 0 Å². The number of amides is 1. The van der Waals surface area contributed by atoms with Gasteiger partial charge in [0.25, 0.3) is 0 Å². The van der Waals surface area contributed by atoms with E-state index in [9.17, 15) is 18.0 Å². The van der Waals surface area contributed by atoms with Crippen LogP contribution in [-0.2, 0) is 16.8 Å². The zero-order valence-electron chi connectivity index (χ0n) is 12.3. The maximum Gasteiger partial charge on any atom is 0.471 e. The van der Waals surface area contributed by atoms with Gasteiger partial charge in [-0.1, -0.05) is 0 Å². The molecule has 4 nitrogen and oxygen atoms in total. The predicted octanol–water partition coefficient (Wildman–Crippen LogP) is 3.22. The molecule has 1 heterocycles. The molecule has 0 aromatic heterocycles. The summed E-state index contributed by atoms with van der Waals surface area (Å²) < 4.78 is 44.1. The predicted molar refractivity (Wildman–Crippen MR) is 79.6 cm³/mol. The van der Waals surface area contributed by atoms with Crippen molar-refractivity contribution >= 4 is 27.5 Å². The molecule has 1 aliphatic heterocycles. The molecule has 1 aromatic carbocycles. The number of nitrogens with two attached hydrogens (primary N) is 1. The molecule has 22 heavy (non-hydrogen) atoms. The Bertz CT molecular complexity index is 629. The number of fused-ring (bicyclic) bond motifs is 1. The second-order valence-corrected chi connectivity index (χ2v) is 6.40. The van der Waals surface area contributed by atoms with E-state index in [2.05, 4.69) is 15.9 Å². The van der Waals surface area contributed by atoms with E-state index in [0.717, 1.165) is 10.5 Å². The average molecular weight is 381 g/mol. The Morgan fingerprint density at radius 3 is 2.55 bits per heavy atom. The summed E-state index contributed by atoms with van der Waals surface area (Å²) in [6.45, 7) is 3.14. The van der Waals surface area contributed by atoms with Crippen LogP contribution in [0.3, 0.4) is 0 Å². The van der Waals surface area contributed by atoms with E-state index in [1.54, 1.807) is 19.9 Å². The van der Waals surface area contributed by atoms with Gasteiger partial charge in [0, 0.05) is 6.54 Å². The first-order valence-electron chi connectivity index (χ1n) is 6.56. The number of ether oxygens (including phenoxy) is 1. The maximum absolute atomic E-state index is 12.8. The number of halogens is 4. The van der Waals surface area contributed by atoms with Gasteiger partial charge in [-0.05, 0) is 53.4 Å². The third kappa shape index (κ3) is 2.53. The van der Waals surface area contributed by atoms with Crippen LogP contribution in [-0.4, -0.2) is 30.6 Å². The lowest BCUT2D eigenvalue weighted by Crippen LogP contribution is -2.54. The zero-order valence-corrected chi connectivity index (χ0v) is 13.9. The number of nitrogen functional groups attached to an aromatic ring is 1. The summed E-state index contributed by atoms with van der Waals surface area (Å²) in [5.41, 5.74) is 6.55. The monoisotopic (exact) mass is 380 g/mol. The second-order valence-electron chi connectivity index (χ2n) is 5.61. The molecule has 0 fully saturated rings. The maximum atomic E-state index is 12.8. The molecule has 1 aromatic rings. The number of rotatable bonds is 1. The van der Waals surface area contributed by atoms with Crippen molar-refractivity contribution in [2.45, 2.75) is 32.0 Å². The highest BCUT2D eigenvalue weighted by atomic mass is 79.9. The molecule has 0 aliphatic carbocycles. The Labute approximate surface area is 134 Å². The molecular weight excluding hydrogens is 365 g/mol. The normalized spacial score (nSPS) is 17.1. The Morgan fingerprint density at radius 2 is 2.05 bits per heavy atom. The summed E-state index contributed by atoms with van der Waals surface area (Å²) in [6.07, 6.45) is -4.60. The lowest BCUT2D eigenvalue weighted by atomic mass is 9.82. The highest BCUT2D eigenvalue weighted by molar-refractivity contribution is 9.10. The van der Waals surface area contributed by atoms with Crippen LogP contribution in [0.2, 0.25) is 0 Å². The van der Waals surface area contributed by atoms with E-state index >= 15 is 0 Å². The number of hydrogen-bond donors (Lipinski definition) is 1. The van der Waals surface area contributed by atoms with E-state index in [4.69, 9.17) is 10.5 Å². The van der Waals surface area contributed by atoms with E-state index in [1.807, 2.05) is 0 Å². The SMILES string of the molecule is COc1c(N)cc2c(c1Br)C(C)(C)N(C(=O)C(F)(F)F)CC2. The van der Waals surface area contributed by atoms with Crippen molar-refractivity contribution in [2.75, 3.05) is 19.4 Å². The molecule has 0 unspecified atom stereocenters. The van der Waals surface area contributed by atoms with Crippen molar-refractivity contribution in [1.82, 2.24) is 4.90 Å². The third-order valence-corrected chi connectivity index (χ3v) is 4.67. The summed E-state index contributed by atoms with van der Waals surface area (Å²) in [5, 5.41) is 0. The van der Waals surface area contributed by atoms with Crippen molar-refractivity contribution in [3.63, 3.8) is 0 Å². The average Bonchev–Trinajstić information content (AvgIpc) is 2.36. The Kier molecular flexibility index (Phi) is 4.10. The minimum absolute atomic E-state index is 0.0173. The second kappa shape index (κ2) is 5.33. The van der Waals surface area contributed by atoms with E-state index in [0.29, 0.717) is 27.9 Å². The van der Waals surface area contributed by atoms with Gasteiger partial charge < -0.3 is 15.4 Å². The number of hydrogen-bond acceptors (Lipinski definition) is 3. The molecule has 2 N–H and O–H groups in total. The molecule has 0 saturated heterocycles. The minimum atomic E-state index is -4.90. The summed E-state index contributed by atoms with van der Waals surface area (Å²) in [6, 6.07) is 1.69. The van der Waals surface area contributed by atoms with Crippen LogP contribution in [0.4, 0.5) is 18.9 Å². The molecule has 0 atom stereocenters. The first-order valence-corrected chi connectivity index (χ1v) is 7.35. The third-order valence-electron chi connectivity index (χ3n) is 3.92. The van der Waals surface area contributed by atoms with Gasteiger partial charge in [-0.2, -0.15) is 13.2 Å². The largest absolute Gasteiger partial charge is 0.493 e. The zero-order chi connectivity index (χ0) is 16.9.